The molecule has 4 aliphatic rings. The Labute approximate surface area is 344 Å². The van der Waals surface area contributed by atoms with Crippen LogP contribution in [0.1, 0.15) is 58.1 Å². The van der Waals surface area contributed by atoms with Crippen LogP contribution in [0.3, 0.4) is 0 Å². The van der Waals surface area contributed by atoms with E-state index in [2.05, 4.69) is 9.80 Å². The van der Waals surface area contributed by atoms with Crippen LogP contribution in [0.25, 0.3) is 0 Å². The number of carbonyl (C=O) groups is 2. The number of rotatable bonds is 6. The largest absolute Gasteiger partial charge is 0.416 e. The van der Waals surface area contributed by atoms with Gasteiger partial charge in [0.2, 0.25) is 11.8 Å². The highest BCUT2D eigenvalue weighted by Gasteiger charge is 2.48. The number of hydrogen-bond acceptors (Lipinski definition) is 4. The average Bonchev–Trinajstić information content (AvgIpc) is 4.15. The van der Waals surface area contributed by atoms with Crippen LogP contribution in [0.2, 0.25) is 10.0 Å². The predicted octanol–water partition coefficient (Wildman–Crippen LogP) is 10.2. The van der Waals surface area contributed by atoms with Crippen molar-refractivity contribution in [2.45, 2.75) is 50.9 Å². The van der Waals surface area contributed by atoms with Gasteiger partial charge in [-0.1, -0.05) is 71.7 Å². The summed E-state index contributed by atoms with van der Waals surface area (Å²) >= 11 is 12.2. The normalized spacial score (nSPS) is 22.0. The van der Waals surface area contributed by atoms with Crippen molar-refractivity contribution in [2.24, 2.45) is 11.8 Å². The van der Waals surface area contributed by atoms with Gasteiger partial charge < -0.3 is 19.6 Å². The van der Waals surface area contributed by atoms with Crippen LogP contribution in [0.4, 0.5) is 37.7 Å². The van der Waals surface area contributed by atoms with E-state index in [9.17, 15) is 35.9 Å². The molecule has 2 aliphatic heterocycles. The van der Waals surface area contributed by atoms with Gasteiger partial charge in [-0.3, -0.25) is 9.59 Å². The molecule has 8 rings (SSSR count). The van der Waals surface area contributed by atoms with E-state index in [1.807, 2.05) is 60.0 Å². The van der Waals surface area contributed by atoms with Gasteiger partial charge in [-0.2, -0.15) is 26.3 Å². The van der Waals surface area contributed by atoms with Crippen LogP contribution in [-0.2, 0) is 21.9 Å². The van der Waals surface area contributed by atoms with Crippen LogP contribution >= 0.6 is 23.2 Å². The lowest BCUT2D eigenvalue weighted by Gasteiger charge is -2.37. The molecular formula is C44H44Cl2F6N4O2. The van der Waals surface area contributed by atoms with E-state index in [0.29, 0.717) is 86.4 Å². The fourth-order valence-electron chi connectivity index (χ4n) is 8.21. The Bertz CT molecular complexity index is 2000. The van der Waals surface area contributed by atoms with Crippen LogP contribution in [0.15, 0.2) is 84.9 Å². The fourth-order valence-corrected chi connectivity index (χ4v) is 8.55. The van der Waals surface area contributed by atoms with E-state index in [1.165, 1.54) is 24.3 Å². The van der Waals surface area contributed by atoms with Crippen molar-refractivity contribution in [3.8, 4) is 0 Å². The number of aryl methyl sites for hydroxylation is 2. The zero-order valence-electron chi connectivity index (χ0n) is 32.1. The summed E-state index contributed by atoms with van der Waals surface area (Å²) in [5.74, 6) is -0.545. The van der Waals surface area contributed by atoms with E-state index >= 15 is 0 Å². The topological polar surface area (TPSA) is 47.1 Å². The van der Waals surface area contributed by atoms with E-state index in [4.69, 9.17) is 23.2 Å². The molecule has 2 saturated carbocycles. The number of anilines is 2. The number of carbonyl (C=O) groups excluding carboxylic acids is 2. The monoisotopic (exact) mass is 844 g/mol. The van der Waals surface area contributed by atoms with Gasteiger partial charge in [-0.05, 0) is 97.2 Å². The first-order valence-corrected chi connectivity index (χ1v) is 20.2. The zero-order valence-corrected chi connectivity index (χ0v) is 33.6. The second-order valence-corrected chi connectivity index (χ2v) is 16.5. The van der Waals surface area contributed by atoms with Gasteiger partial charge in [0, 0.05) is 85.6 Å². The standard InChI is InChI=1S/2C22H22ClF3N2O/c2*1-14-5-6-17(23)12-20(14)27-7-9-28(10-8-27)21(29)19-13-18(19)15-3-2-4-16(11-15)22(24,25)26/h2*2-6,11-12,18-19H,7-10,13H2,1H3/t2*18-,19-/m10/s1. The van der Waals surface area contributed by atoms with Gasteiger partial charge in [-0.25, -0.2) is 0 Å². The first-order chi connectivity index (χ1) is 27.5. The maximum absolute atomic E-state index is 12.9. The van der Waals surface area contributed by atoms with Crippen molar-refractivity contribution in [1.29, 1.82) is 0 Å². The Morgan fingerprint density at radius 2 is 0.897 bits per heavy atom. The van der Waals surface area contributed by atoms with Gasteiger partial charge >= 0.3 is 12.4 Å². The van der Waals surface area contributed by atoms with Crippen molar-refractivity contribution >= 4 is 46.4 Å². The second kappa shape index (κ2) is 16.7. The predicted molar refractivity (Wildman–Crippen MR) is 215 cm³/mol. The molecule has 0 bridgehead atoms. The molecule has 308 valence electrons. The minimum Gasteiger partial charge on any atom is -0.368 e. The Hall–Kier alpha value is -4.42. The van der Waals surface area contributed by atoms with Gasteiger partial charge in [0.25, 0.3) is 0 Å². The minimum absolute atomic E-state index is 0.0508. The smallest absolute Gasteiger partial charge is 0.368 e. The van der Waals surface area contributed by atoms with Crippen LogP contribution < -0.4 is 9.80 Å². The molecule has 2 amide bonds. The average molecular weight is 846 g/mol. The third-order valence-corrected chi connectivity index (χ3v) is 12.2. The van der Waals surface area contributed by atoms with Crippen LogP contribution in [0, 0.1) is 25.7 Å². The molecule has 6 nitrogen and oxygen atoms in total. The summed E-state index contributed by atoms with van der Waals surface area (Å²) in [4.78, 5) is 33.8. The summed E-state index contributed by atoms with van der Waals surface area (Å²) in [6.45, 7) is 9.37. The molecule has 0 spiro atoms. The van der Waals surface area contributed by atoms with Gasteiger partial charge in [0.15, 0.2) is 0 Å². The quantitative estimate of drug-likeness (QED) is 0.182. The van der Waals surface area contributed by atoms with Crippen molar-refractivity contribution in [2.75, 3.05) is 62.2 Å². The van der Waals surface area contributed by atoms with E-state index in [1.54, 1.807) is 12.1 Å². The highest BCUT2D eigenvalue weighted by Crippen LogP contribution is 2.50. The molecular weight excluding hydrogens is 801 g/mol. The number of hydrogen-bond donors (Lipinski definition) is 0. The Kier molecular flexibility index (Phi) is 12.0. The highest BCUT2D eigenvalue weighted by atomic mass is 35.5. The number of halogens is 8. The molecule has 2 aliphatic carbocycles. The van der Waals surface area contributed by atoms with Gasteiger partial charge in [0.1, 0.15) is 0 Å². The SMILES string of the molecule is Cc1ccc(Cl)cc1N1CCN(C(=O)[C@@H]2C[C@@H]2c2cccc(C(F)(F)F)c2)CC1.Cc1ccc(Cl)cc1N1CCN(C(=O)[C@H]2C[C@H]2c2cccc(C(F)(F)F)c2)CC1. The maximum atomic E-state index is 12.9. The number of benzene rings is 4. The van der Waals surface area contributed by atoms with Gasteiger partial charge in [-0.15, -0.1) is 0 Å². The molecule has 0 N–H and O–H groups in total. The van der Waals surface area contributed by atoms with Gasteiger partial charge in [0.05, 0.1) is 11.1 Å². The van der Waals surface area contributed by atoms with Crippen LogP contribution in [-0.4, -0.2) is 74.0 Å². The van der Waals surface area contributed by atoms with Crippen molar-refractivity contribution in [3.63, 3.8) is 0 Å². The Morgan fingerprint density at radius 3 is 1.24 bits per heavy atom. The van der Waals surface area contributed by atoms with Crippen molar-refractivity contribution in [1.82, 2.24) is 9.80 Å². The zero-order chi connectivity index (χ0) is 41.5. The maximum Gasteiger partial charge on any atom is 0.416 e. The third-order valence-electron chi connectivity index (χ3n) is 11.7. The summed E-state index contributed by atoms with van der Waals surface area (Å²) in [7, 11) is 0. The summed E-state index contributed by atoms with van der Waals surface area (Å²) in [6.07, 6.45) is -7.49. The Balaban J connectivity index is 0.000000177. The first kappa shape index (κ1) is 41.7. The molecule has 4 aromatic rings. The molecule has 58 heavy (non-hydrogen) atoms. The molecule has 0 unspecified atom stereocenters. The lowest BCUT2D eigenvalue weighted by molar-refractivity contribution is -0.138. The van der Waals surface area contributed by atoms with E-state index in [0.717, 1.165) is 34.6 Å². The van der Waals surface area contributed by atoms with Crippen molar-refractivity contribution in [3.05, 3.63) is 128 Å². The van der Waals surface area contributed by atoms with E-state index < -0.39 is 23.5 Å². The van der Waals surface area contributed by atoms with E-state index in [-0.39, 0.29) is 35.5 Å². The van der Waals surface area contributed by atoms with Crippen molar-refractivity contribution < 1.29 is 35.9 Å². The summed E-state index contributed by atoms with van der Waals surface area (Å²) in [6, 6.07) is 22.3. The molecule has 2 heterocycles. The third kappa shape index (κ3) is 9.54. The Morgan fingerprint density at radius 1 is 0.534 bits per heavy atom. The molecule has 14 heteroatoms. The minimum atomic E-state index is -4.36. The molecule has 4 aromatic carbocycles. The summed E-state index contributed by atoms with van der Waals surface area (Å²) in [5.41, 5.74) is 4.34. The molecule has 4 fully saturated rings. The molecule has 2 saturated heterocycles. The number of alkyl halides is 6. The number of piperazine rings is 2. The molecule has 0 radical (unpaired) electrons. The molecule has 0 aromatic heterocycles. The number of nitrogens with zero attached hydrogens (tertiary/aromatic N) is 4. The number of amides is 2. The molecule has 4 atom stereocenters. The summed E-state index contributed by atoms with van der Waals surface area (Å²) < 4.78 is 77.6. The summed E-state index contributed by atoms with van der Waals surface area (Å²) in [5, 5.41) is 1.37. The fraction of sp³-hybridized carbons (Fsp3) is 0.409. The second-order valence-electron chi connectivity index (χ2n) is 15.6. The highest BCUT2D eigenvalue weighted by molar-refractivity contribution is 6.31. The van der Waals surface area contributed by atoms with Crippen LogP contribution in [0.5, 0.6) is 0 Å². The lowest BCUT2D eigenvalue weighted by Crippen LogP contribution is -2.49. The lowest BCUT2D eigenvalue weighted by atomic mass is 10.0. The first-order valence-electron chi connectivity index (χ1n) is 19.4.